The normalized spacial score (nSPS) is 11.2. The molecule has 27 heavy (non-hydrogen) atoms. The number of nitriles is 2. The number of carbonyl (C=O) groups excluding carboxylic acids is 1. The first-order valence-electron chi connectivity index (χ1n) is 8.26. The number of carbonyl (C=O) groups is 1. The minimum Gasteiger partial charge on any atom is -0.493 e. The summed E-state index contributed by atoms with van der Waals surface area (Å²) in [6, 6.07) is 16.1. The number of rotatable bonds is 8. The van der Waals surface area contributed by atoms with E-state index in [-0.39, 0.29) is 12.2 Å². The number of nitrogens with zero attached hydrogens (tertiary/aromatic N) is 2. The van der Waals surface area contributed by atoms with Gasteiger partial charge in [0.05, 0.1) is 33.5 Å². The molecular formula is C21H20N2O4. The van der Waals surface area contributed by atoms with Crippen LogP contribution in [-0.2, 0) is 0 Å². The molecule has 0 amide bonds. The van der Waals surface area contributed by atoms with Gasteiger partial charge in [-0.05, 0) is 17.7 Å². The third-order valence-electron chi connectivity index (χ3n) is 4.30. The Balaban J connectivity index is 2.50. The second kappa shape index (κ2) is 9.26. The van der Waals surface area contributed by atoms with Crippen molar-refractivity contribution in [2.75, 3.05) is 21.3 Å². The van der Waals surface area contributed by atoms with Crippen molar-refractivity contribution in [2.24, 2.45) is 5.92 Å². The van der Waals surface area contributed by atoms with Crippen LogP contribution in [0.15, 0.2) is 42.5 Å². The summed E-state index contributed by atoms with van der Waals surface area (Å²) in [6.45, 7) is 0. The molecule has 0 aliphatic carbocycles. The van der Waals surface area contributed by atoms with Crippen molar-refractivity contribution in [1.29, 1.82) is 10.5 Å². The maximum Gasteiger partial charge on any atom is 0.203 e. The third kappa shape index (κ3) is 4.37. The van der Waals surface area contributed by atoms with E-state index in [1.165, 1.54) is 21.3 Å². The van der Waals surface area contributed by atoms with Gasteiger partial charge in [-0.1, -0.05) is 30.3 Å². The van der Waals surface area contributed by atoms with Crippen LogP contribution >= 0.6 is 0 Å². The lowest BCUT2D eigenvalue weighted by Gasteiger charge is -2.21. The highest BCUT2D eigenvalue weighted by Gasteiger charge is 2.28. The van der Waals surface area contributed by atoms with Gasteiger partial charge in [0.1, 0.15) is 5.92 Å². The molecule has 0 aromatic heterocycles. The summed E-state index contributed by atoms with van der Waals surface area (Å²) in [5.74, 6) is -0.577. The van der Waals surface area contributed by atoms with Crippen molar-refractivity contribution < 1.29 is 19.0 Å². The predicted molar refractivity (Wildman–Crippen MR) is 98.9 cm³/mol. The van der Waals surface area contributed by atoms with Gasteiger partial charge in [0.15, 0.2) is 17.3 Å². The van der Waals surface area contributed by atoms with Crippen molar-refractivity contribution in [3.05, 3.63) is 53.6 Å². The largest absolute Gasteiger partial charge is 0.493 e. The van der Waals surface area contributed by atoms with E-state index in [0.29, 0.717) is 28.4 Å². The van der Waals surface area contributed by atoms with E-state index >= 15 is 0 Å². The summed E-state index contributed by atoms with van der Waals surface area (Å²) in [4.78, 5) is 12.7. The number of methoxy groups -OCH3 is 3. The lowest BCUT2D eigenvalue weighted by molar-refractivity contribution is 0.0970. The number of hydrogen-bond donors (Lipinski definition) is 0. The molecule has 0 radical (unpaired) electrons. The fraction of sp³-hybridized carbons (Fsp3) is 0.286. The summed E-state index contributed by atoms with van der Waals surface area (Å²) in [6.07, 6.45) is 0.00837. The van der Waals surface area contributed by atoms with Crippen molar-refractivity contribution in [1.82, 2.24) is 0 Å². The molecule has 0 heterocycles. The van der Waals surface area contributed by atoms with Crippen molar-refractivity contribution in [3.8, 4) is 29.4 Å². The molecule has 0 spiro atoms. The second-order valence-corrected chi connectivity index (χ2v) is 5.79. The standard InChI is InChI=1S/C21H20N2O4/c1-25-19-9-15(10-20(26-2)21(19)27-3)17(16(12-22)13-23)11-18(24)14-7-5-4-6-8-14/h4-10,16-17H,11H2,1-3H3/t17-/m0/s1. The summed E-state index contributed by atoms with van der Waals surface area (Å²) < 4.78 is 16.0. The van der Waals surface area contributed by atoms with Gasteiger partial charge in [-0.15, -0.1) is 0 Å². The van der Waals surface area contributed by atoms with Crippen LogP contribution in [0.5, 0.6) is 17.2 Å². The molecule has 2 aromatic carbocycles. The third-order valence-corrected chi connectivity index (χ3v) is 4.30. The minimum absolute atomic E-state index is 0.00837. The Morgan fingerprint density at radius 3 is 1.96 bits per heavy atom. The first-order valence-corrected chi connectivity index (χ1v) is 8.26. The van der Waals surface area contributed by atoms with Crippen molar-refractivity contribution in [3.63, 3.8) is 0 Å². The highest BCUT2D eigenvalue weighted by Crippen LogP contribution is 2.42. The van der Waals surface area contributed by atoms with Gasteiger partial charge in [-0.3, -0.25) is 4.79 Å². The van der Waals surface area contributed by atoms with Crippen LogP contribution in [0.4, 0.5) is 0 Å². The average Bonchev–Trinajstić information content (AvgIpc) is 2.73. The molecule has 0 saturated heterocycles. The van der Waals surface area contributed by atoms with Gasteiger partial charge >= 0.3 is 0 Å². The Morgan fingerprint density at radius 1 is 0.963 bits per heavy atom. The Hall–Kier alpha value is -3.51. The Kier molecular flexibility index (Phi) is 6.79. The molecule has 138 valence electrons. The summed E-state index contributed by atoms with van der Waals surface area (Å²) in [5, 5.41) is 18.8. The second-order valence-electron chi connectivity index (χ2n) is 5.79. The van der Waals surface area contributed by atoms with Crippen LogP contribution in [0, 0.1) is 28.6 Å². The summed E-state index contributed by atoms with van der Waals surface area (Å²) in [7, 11) is 4.46. The SMILES string of the molecule is COc1cc([C@H](CC(=O)c2ccccc2)C(C#N)C#N)cc(OC)c1OC. The quantitative estimate of drug-likeness (QED) is 0.663. The lowest BCUT2D eigenvalue weighted by atomic mass is 9.82. The van der Waals surface area contributed by atoms with E-state index in [0.717, 1.165) is 0 Å². The molecule has 2 aromatic rings. The van der Waals surface area contributed by atoms with E-state index in [4.69, 9.17) is 14.2 Å². The van der Waals surface area contributed by atoms with Crippen LogP contribution < -0.4 is 14.2 Å². The molecule has 0 fully saturated rings. The number of hydrogen-bond acceptors (Lipinski definition) is 6. The van der Waals surface area contributed by atoms with Gasteiger partial charge in [0, 0.05) is 17.9 Å². The fourth-order valence-corrected chi connectivity index (χ4v) is 2.89. The summed E-state index contributed by atoms with van der Waals surface area (Å²) >= 11 is 0. The van der Waals surface area contributed by atoms with E-state index in [1.807, 2.05) is 18.2 Å². The molecule has 6 nitrogen and oxygen atoms in total. The first-order chi connectivity index (χ1) is 13.1. The molecule has 0 saturated carbocycles. The minimum atomic E-state index is -1.000. The van der Waals surface area contributed by atoms with Crippen LogP contribution in [0.1, 0.15) is 28.3 Å². The maximum atomic E-state index is 12.7. The highest BCUT2D eigenvalue weighted by molar-refractivity contribution is 5.96. The fourth-order valence-electron chi connectivity index (χ4n) is 2.89. The van der Waals surface area contributed by atoms with Gasteiger partial charge in [0.25, 0.3) is 0 Å². The Bertz CT molecular complexity index is 842. The maximum absolute atomic E-state index is 12.7. The van der Waals surface area contributed by atoms with Gasteiger partial charge < -0.3 is 14.2 Å². The van der Waals surface area contributed by atoms with E-state index in [2.05, 4.69) is 0 Å². The van der Waals surface area contributed by atoms with Crippen LogP contribution in [-0.4, -0.2) is 27.1 Å². The molecule has 2 rings (SSSR count). The van der Waals surface area contributed by atoms with Gasteiger partial charge in [0.2, 0.25) is 5.75 Å². The molecule has 0 bridgehead atoms. The number of ketones is 1. The Morgan fingerprint density at radius 2 is 1.52 bits per heavy atom. The molecular weight excluding hydrogens is 344 g/mol. The molecule has 0 aliphatic heterocycles. The Labute approximate surface area is 158 Å². The van der Waals surface area contributed by atoms with Crippen LogP contribution in [0.3, 0.4) is 0 Å². The zero-order chi connectivity index (χ0) is 19.8. The van der Waals surface area contributed by atoms with E-state index < -0.39 is 11.8 Å². The zero-order valence-electron chi connectivity index (χ0n) is 15.4. The lowest BCUT2D eigenvalue weighted by Crippen LogP contribution is -2.15. The van der Waals surface area contributed by atoms with Gasteiger partial charge in [-0.25, -0.2) is 0 Å². The van der Waals surface area contributed by atoms with Crippen molar-refractivity contribution in [2.45, 2.75) is 12.3 Å². The molecule has 1 atom stereocenters. The zero-order valence-corrected chi connectivity index (χ0v) is 15.4. The molecule has 6 heteroatoms. The number of ether oxygens (including phenoxy) is 3. The van der Waals surface area contributed by atoms with Crippen LogP contribution in [0.2, 0.25) is 0 Å². The molecule has 0 aliphatic rings. The number of benzene rings is 2. The smallest absolute Gasteiger partial charge is 0.203 e. The van der Waals surface area contributed by atoms with Crippen LogP contribution in [0.25, 0.3) is 0 Å². The molecule has 0 N–H and O–H groups in total. The number of Topliss-reactive ketones (excluding diaryl/α,β-unsaturated/α-hetero) is 1. The highest BCUT2D eigenvalue weighted by atomic mass is 16.5. The average molecular weight is 364 g/mol. The monoisotopic (exact) mass is 364 g/mol. The topological polar surface area (TPSA) is 92.3 Å². The van der Waals surface area contributed by atoms with E-state index in [9.17, 15) is 15.3 Å². The first kappa shape index (κ1) is 19.8. The summed E-state index contributed by atoms with van der Waals surface area (Å²) in [5.41, 5.74) is 1.13. The van der Waals surface area contributed by atoms with Gasteiger partial charge in [-0.2, -0.15) is 10.5 Å². The van der Waals surface area contributed by atoms with Crippen molar-refractivity contribution >= 4 is 5.78 Å². The van der Waals surface area contributed by atoms with E-state index in [1.54, 1.807) is 36.4 Å². The molecule has 0 unspecified atom stereocenters. The predicted octanol–water partition coefficient (Wildman–Crippen LogP) is 3.73.